The minimum Gasteiger partial charge on any atom is -0.385 e. The molecule has 1 nitrogen and oxygen atoms in total. The molecule has 0 bridgehead atoms. The first kappa shape index (κ1) is 13.6. The number of hydrogen-bond donors (Lipinski definition) is 1. The maximum Gasteiger partial charge on any atom is 0.0927 e. The average Bonchev–Trinajstić information content (AvgIpc) is 2.48. The fraction of sp³-hybridized carbons (Fsp3) is 0.647. The van der Waals surface area contributed by atoms with Crippen LogP contribution in [0.4, 0.5) is 0 Å². The first-order valence-corrected chi connectivity index (χ1v) is 7.07. The van der Waals surface area contributed by atoms with Crippen LogP contribution in [-0.2, 0) is 5.60 Å². The summed E-state index contributed by atoms with van der Waals surface area (Å²) in [7, 11) is 0. The third-order valence-corrected chi connectivity index (χ3v) is 4.50. The summed E-state index contributed by atoms with van der Waals surface area (Å²) in [5, 5.41) is 11.0. The van der Waals surface area contributed by atoms with Crippen molar-refractivity contribution in [3.05, 3.63) is 35.4 Å². The molecule has 1 N–H and O–H groups in total. The van der Waals surface area contributed by atoms with Gasteiger partial charge in [0.1, 0.15) is 0 Å². The summed E-state index contributed by atoms with van der Waals surface area (Å²) in [6, 6.07) is 8.56. The van der Waals surface area contributed by atoms with E-state index in [1.807, 2.05) is 0 Å². The molecule has 1 heteroatoms. The molecule has 2 unspecified atom stereocenters. The van der Waals surface area contributed by atoms with Gasteiger partial charge in [-0.05, 0) is 41.2 Å². The van der Waals surface area contributed by atoms with Crippen LogP contribution in [0.25, 0.3) is 0 Å². The molecular weight excluding hydrogens is 220 g/mol. The molecule has 1 saturated carbocycles. The van der Waals surface area contributed by atoms with Crippen LogP contribution in [0.5, 0.6) is 0 Å². The molecule has 1 aromatic rings. The lowest BCUT2D eigenvalue weighted by atomic mass is 9.83. The summed E-state index contributed by atoms with van der Waals surface area (Å²) in [4.78, 5) is 0. The van der Waals surface area contributed by atoms with Crippen molar-refractivity contribution in [3.8, 4) is 0 Å². The first-order chi connectivity index (χ1) is 8.24. The zero-order valence-electron chi connectivity index (χ0n) is 12.3. The van der Waals surface area contributed by atoms with Crippen molar-refractivity contribution >= 4 is 0 Å². The maximum atomic E-state index is 11.0. The summed E-state index contributed by atoms with van der Waals surface area (Å²) in [5.74, 6) is 0.878. The van der Waals surface area contributed by atoms with Crippen LogP contribution < -0.4 is 0 Å². The number of benzene rings is 1. The number of aliphatic hydroxyl groups is 1. The highest BCUT2D eigenvalue weighted by Crippen LogP contribution is 2.52. The van der Waals surface area contributed by atoms with Crippen LogP contribution in [0.2, 0.25) is 0 Å². The Morgan fingerprint density at radius 2 is 1.72 bits per heavy atom. The SMILES string of the molecule is CC(C)c1ccc(C2(O)CC(C)(C)CC2C)cc1. The van der Waals surface area contributed by atoms with Crippen molar-refractivity contribution < 1.29 is 5.11 Å². The van der Waals surface area contributed by atoms with Gasteiger partial charge in [0.15, 0.2) is 0 Å². The summed E-state index contributed by atoms with van der Waals surface area (Å²) >= 11 is 0. The Labute approximate surface area is 111 Å². The van der Waals surface area contributed by atoms with Gasteiger partial charge in [-0.3, -0.25) is 0 Å². The monoisotopic (exact) mass is 246 g/mol. The smallest absolute Gasteiger partial charge is 0.0927 e. The first-order valence-electron chi connectivity index (χ1n) is 7.07. The van der Waals surface area contributed by atoms with Crippen LogP contribution in [0.3, 0.4) is 0 Å². The molecule has 0 aliphatic heterocycles. The zero-order valence-corrected chi connectivity index (χ0v) is 12.3. The molecule has 0 heterocycles. The van der Waals surface area contributed by atoms with Crippen LogP contribution in [0, 0.1) is 11.3 Å². The zero-order chi connectivity index (χ0) is 13.6. The molecular formula is C17H26O. The fourth-order valence-corrected chi connectivity index (χ4v) is 3.52. The summed E-state index contributed by atoms with van der Waals surface area (Å²) in [6.07, 6.45) is 1.96. The molecule has 2 atom stereocenters. The molecule has 2 rings (SSSR count). The highest BCUT2D eigenvalue weighted by molar-refractivity contribution is 5.30. The molecule has 1 aliphatic carbocycles. The molecule has 1 aromatic carbocycles. The summed E-state index contributed by atoms with van der Waals surface area (Å²) in [6.45, 7) is 11.1. The Kier molecular flexibility index (Phi) is 3.31. The van der Waals surface area contributed by atoms with Gasteiger partial charge in [0.2, 0.25) is 0 Å². The van der Waals surface area contributed by atoms with Crippen LogP contribution in [0.1, 0.15) is 64.5 Å². The van der Waals surface area contributed by atoms with Crippen LogP contribution >= 0.6 is 0 Å². The summed E-state index contributed by atoms with van der Waals surface area (Å²) in [5.41, 5.74) is 2.03. The van der Waals surface area contributed by atoms with Crippen LogP contribution in [-0.4, -0.2) is 5.11 Å². The third kappa shape index (κ3) is 2.33. The second-order valence-corrected chi connectivity index (χ2v) is 7.15. The normalized spacial score (nSPS) is 30.9. The van der Waals surface area contributed by atoms with E-state index >= 15 is 0 Å². The lowest BCUT2D eigenvalue weighted by Gasteiger charge is -2.29. The topological polar surface area (TPSA) is 20.2 Å². The lowest BCUT2D eigenvalue weighted by molar-refractivity contribution is -0.000857. The van der Waals surface area contributed by atoms with Crippen molar-refractivity contribution in [2.24, 2.45) is 11.3 Å². The minimum absolute atomic E-state index is 0.241. The molecule has 18 heavy (non-hydrogen) atoms. The van der Waals surface area contributed by atoms with Gasteiger partial charge in [-0.25, -0.2) is 0 Å². The van der Waals surface area contributed by atoms with E-state index in [1.165, 1.54) is 5.56 Å². The van der Waals surface area contributed by atoms with Crippen molar-refractivity contribution in [2.75, 3.05) is 0 Å². The Bertz CT molecular complexity index is 416. The van der Waals surface area contributed by atoms with Crippen LogP contribution in [0.15, 0.2) is 24.3 Å². The Hall–Kier alpha value is -0.820. The summed E-state index contributed by atoms with van der Waals surface area (Å²) < 4.78 is 0. The molecule has 0 spiro atoms. The van der Waals surface area contributed by atoms with Crippen molar-refractivity contribution in [1.29, 1.82) is 0 Å². The molecule has 0 amide bonds. The Morgan fingerprint density at radius 3 is 2.11 bits per heavy atom. The van der Waals surface area contributed by atoms with Gasteiger partial charge < -0.3 is 5.11 Å². The highest BCUT2D eigenvalue weighted by atomic mass is 16.3. The van der Waals surface area contributed by atoms with E-state index in [0.717, 1.165) is 18.4 Å². The van der Waals surface area contributed by atoms with E-state index < -0.39 is 5.60 Å². The van der Waals surface area contributed by atoms with E-state index in [2.05, 4.69) is 58.9 Å². The van der Waals surface area contributed by atoms with Gasteiger partial charge in [-0.15, -0.1) is 0 Å². The predicted octanol–water partition coefficient (Wildman–Crippen LogP) is 4.45. The minimum atomic E-state index is -0.640. The van der Waals surface area contributed by atoms with E-state index in [0.29, 0.717) is 11.8 Å². The predicted molar refractivity (Wildman–Crippen MR) is 76.6 cm³/mol. The van der Waals surface area contributed by atoms with Crippen molar-refractivity contribution in [1.82, 2.24) is 0 Å². The molecule has 1 aliphatic rings. The van der Waals surface area contributed by atoms with E-state index in [9.17, 15) is 5.11 Å². The van der Waals surface area contributed by atoms with E-state index in [4.69, 9.17) is 0 Å². The third-order valence-electron chi connectivity index (χ3n) is 4.50. The maximum absolute atomic E-state index is 11.0. The van der Waals surface area contributed by atoms with Gasteiger partial charge in [-0.2, -0.15) is 0 Å². The largest absolute Gasteiger partial charge is 0.385 e. The molecule has 1 fully saturated rings. The Balaban J connectivity index is 2.31. The van der Waals surface area contributed by atoms with Crippen molar-refractivity contribution in [2.45, 2.75) is 59.0 Å². The van der Waals surface area contributed by atoms with E-state index in [-0.39, 0.29) is 5.41 Å². The molecule has 0 radical (unpaired) electrons. The molecule has 100 valence electrons. The Morgan fingerprint density at radius 1 is 1.17 bits per heavy atom. The quantitative estimate of drug-likeness (QED) is 0.817. The second kappa shape index (κ2) is 4.38. The van der Waals surface area contributed by atoms with Gasteiger partial charge in [0.25, 0.3) is 0 Å². The fourth-order valence-electron chi connectivity index (χ4n) is 3.52. The van der Waals surface area contributed by atoms with Gasteiger partial charge in [0.05, 0.1) is 5.60 Å². The standard InChI is InChI=1S/C17H26O/c1-12(2)14-6-8-15(9-7-14)17(18)11-16(4,5)10-13(17)3/h6-9,12-13,18H,10-11H2,1-5H3. The number of rotatable bonds is 2. The molecule has 0 aromatic heterocycles. The van der Waals surface area contributed by atoms with E-state index in [1.54, 1.807) is 0 Å². The highest BCUT2D eigenvalue weighted by Gasteiger charge is 2.48. The molecule has 0 saturated heterocycles. The lowest BCUT2D eigenvalue weighted by Crippen LogP contribution is -2.29. The average molecular weight is 246 g/mol. The number of hydrogen-bond acceptors (Lipinski definition) is 1. The van der Waals surface area contributed by atoms with Gasteiger partial charge in [0, 0.05) is 0 Å². The van der Waals surface area contributed by atoms with Gasteiger partial charge >= 0.3 is 0 Å². The van der Waals surface area contributed by atoms with Crippen molar-refractivity contribution in [3.63, 3.8) is 0 Å². The van der Waals surface area contributed by atoms with Gasteiger partial charge in [-0.1, -0.05) is 58.9 Å². The second-order valence-electron chi connectivity index (χ2n) is 7.15.